The molecule has 0 saturated carbocycles. The molecule has 0 aromatic heterocycles. The molecule has 12 heavy (non-hydrogen) atoms. The van der Waals surface area contributed by atoms with Gasteiger partial charge < -0.3 is 0 Å². The van der Waals surface area contributed by atoms with E-state index in [1.807, 2.05) is 18.2 Å². The van der Waals surface area contributed by atoms with E-state index in [-0.39, 0.29) is 0 Å². The topological polar surface area (TPSA) is 17.1 Å². The third kappa shape index (κ3) is 7.79. The summed E-state index contributed by atoms with van der Waals surface area (Å²) in [5, 5.41) is 0. The van der Waals surface area contributed by atoms with E-state index in [1.54, 1.807) is 12.1 Å². The van der Waals surface area contributed by atoms with E-state index < -0.39 is 19.8 Å². The van der Waals surface area contributed by atoms with Gasteiger partial charge in [0, 0.05) is 5.56 Å². The molecule has 1 radical (unpaired) electrons. The summed E-state index contributed by atoms with van der Waals surface area (Å²) < 4.78 is 0. The molecule has 1 nitrogen and oxygen atoms in total. The fourth-order valence-electron chi connectivity index (χ4n) is 0.532. The minimum absolute atomic E-state index is 0.543. The van der Waals surface area contributed by atoms with Crippen LogP contribution in [-0.4, -0.2) is 26.0 Å². The van der Waals surface area contributed by atoms with Gasteiger partial charge in [-0.1, -0.05) is 30.3 Å². The van der Waals surface area contributed by atoms with E-state index in [0.29, 0.717) is 0 Å². The Morgan fingerprint density at radius 2 is 1.50 bits per heavy atom. The molecule has 1 aromatic rings. The van der Waals surface area contributed by atoms with E-state index in [9.17, 15) is 4.79 Å². The molecule has 0 aliphatic heterocycles. The fourth-order valence-corrected chi connectivity index (χ4v) is 0.532. The standard InChI is InChI=1S/C7H6O.3CH3.Sn/c8-6-7-4-2-1-3-5-7;;;;/h1-6H;3*1H3;. The number of carbonyl (C=O) groups excluding carboxylic acids is 1. The van der Waals surface area contributed by atoms with Crippen LogP contribution in [0.3, 0.4) is 0 Å². The minimum atomic E-state index is -0.543. The predicted octanol–water partition coefficient (Wildman–Crippen LogP) is 2.87. The van der Waals surface area contributed by atoms with Gasteiger partial charge in [-0.15, -0.1) is 0 Å². The molecule has 0 heterocycles. The van der Waals surface area contributed by atoms with Gasteiger partial charge in [-0.25, -0.2) is 0 Å². The summed E-state index contributed by atoms with van der Waals surface area (Å²) in [6, 6.07) is 9.10. The first-order valence-corrected chi connectivity index (χ1v) is 12.5. The zero-order chi connectivity index (χ0) is 9.40. The van der Waals surface area contributed by atoms with Gasteiger partial charge >= 0.3 is 34.6 Å². The number of aldehydes is 1. The van der Waals surface area contributed by atoms with Gasteiger partial charge in [0.1, 0.15) is 6.29 Å². The van der Waals surface area contributed by atoms with E-state index in [1.165, 1.54) is 0 Å². The van der Waals surface area contributed by atoms with E-state index in [4.69, 9.17) is 0 Å². The molecule has 0 fully saturated rings. The zero-order valence-corrected chi connectivity index (χ0v) is 10.7. The van der Waals surface area contributed by atoms with Crippen molar-refractivity contribution >= 4 is 26.0 Å². The Kier molecular flexibility index (Phi) is 7.15. The van der Waals surface area contributed by atoms with Crippen LogP contribution in [0.15, 0.2) is 30.3 Å². The molecule has 0 atom stereocenters. The van der Waals surface area contributed by atoms with Gasteiger partial charge in [-0.05, 0) is 0 Å². The molecule has 2 heteroatoms. The fraction of sp³-hybridized carbons (Fsp3) is 0.300. The summed E-state index contributed by atoms with van der Waals surface area (Å²) in [6.45, 7) is 0. The van der Waals surface area contributed by atoms with E-state index in [2.05, 4.69) is 14.8 Å². The monoisotopic (exact) mass is 271 g/mol. The molecule has 0 unspecified atom stereocenters. The zero-order valence-electron chi connectivity index (χ0n) is 7.87. The molecular weight excluding hydrogens is 255 g/mol. The SMILES string of the molecule is O=Cc1ccccc1.[CH3][Sn]([CH3])[CH3]. The molecule has 0 N–H and O–H groups in total. The first-order chi connectivity index (χ1) is 5.66. The molecule has 0 amide bonds. The Hall–Kier alpha value is -0.311. The molecule has 0 spiro atoms. The molecule has 0 saturated heterocycles. The van der Waals surface area contributed by atoms with Crippen LogP contribution in [-0.2, 0) is 0 Å². The Labute approximate surface area is 81.5 Å². The van der Waals surface area contributed by atoms with Crippen LogP contribution in [0.1, 0.15) is 10.4 Å². The van der Waals surface area contributed by atoms with Gasteiger partial charge in [0.2, 0.25) is 0 Å². The Balaban J connectivity index is 0.000000261. The molecular formula is C10H15OSn. The summed E-state index contributed by atoms with van der Waals surface area (Å²) in [6.07, 6.45) is 0.833. The summed E-state index contributed by atoms with van der Waals surface area (Å²) in [5.41, 5.74) is 0.729. The quantitative estimate of drug-likeness (QED) is 0.566. The molecule has 0 aliphatic rings. The van der Waals surface area contributed by atoms with Crippen molar-refractivity contribution in [2.75, 3.05) is 0 Å². The third-order valence-corrected chi connectivity index (χ3v) is 0.936. The van der Waals surface area contributed by atoms with Crippen molar-refractivity contribution in [3.8, 4) is 0 Å². The number of hydrogen-bond acceptors (Lipinski definition) is 1. The normalized spacial score (nSPS) is 8.67. The van der Waals surface area contributed by atoms with Gasteiger partial charge in [0.05, 0.1) is 0 Å². The second kappa shape index (κ2) is 7.34. The van der Waals surface area contributed by atoms with Crippen molar-refractivity contribution in [3.63, 3.8) is 0 Å². The van der Waals surface area contributed by atoms with Gasteiger partial charge in [-0.2, -0.15) is 0 Å². The second-order valence-corrected chi connectivity index (χ2v) is 11.6. The van der Waals surface area contributed by atoms with Crippen molar-refractivity contribution in [1.82, 2.24) is 0 Å². The third-order valence-electron chi connectivity index (χ3n) is 0.936. The van der Waals surface area contributed by atoms with Crippen LogP contribution < -0.4 is 0 Å². The number of hydrogen-bond donors (Lipinski definition) is 0. The van der Waals surface area contributed by atoms with Crippen molar-refractivity contribution in [3.05, 3.63) is 35.9 Å². The first-order valence-electron chi connectivity index (χ1n) is 3.94. The van der Waals surface area contributed by atoms with Crippen LogP contribution in [0.2, 0.25) is 14.8 Å². The maximum atomic E-state index is 10.0. The summed E-state index contributed by atoms with van der Waals surface area (Å²) in [4.78, 5) is 17.1. The molecule has 65 valence electrons. The van der Waals surface area contributed by atoms with Gasteiger partial charge in [0.25, 0.3) is 0 Å². The van der Waals surface area contributed by atoms with Crippen LogP contribution in [0.5, 0.6) is 0 Å². The van der Waals surface area contributed by atoms with Crippen LogP contribution in [0.25, 0.3) is 0 Å². The predicted molar refractivity (Wildman–Crippen MR) is 55.2 cm³/mol. The molecule has 1 rings (SSSR count). The van der Waals surface area contributed by atoms with Crippen molar-refractivity contribution < 1.29 is 4.79 Å². The van der Waals surface area contributed by atoms with E-state index >= 15 is 0 Å². The Morgan fingerprint density at radius 1 is 1.08 bits per heavy atom. The molecule has 0 bridgehead atoms. The number of benzene rings is 1. The summed E-state index contributed by atoms with van der Waals surface area (Å²) in [5.74, 6) is 0. The van der Waals surface area contributed by atoms with Crippen molar-refractivity contribution in [2.24, 2.45) is 0 Å². The summed E-state index contributed by atoms with van der Waals surface area (Å²) in [7, 11) is 0. The van der Waals surface area contributed by atoms with Gasteiger partial charge in [-0.3, -0.25) is 4.79 Å². The average Bonchev–Trinajstić information content (AvgIpc) is 2.05. The van der Waals surface area contributed by atoms with E-state index in [0.717, 1.165) is 11.8 Å². The van der Waals surface area contributed by atoms with Crippen molar-refractivity contribution in [1.29, 1.82) is 0 Å². The van der Waals surface area contributed by atoms with Crippen LogP contribution in [0, 0.1) is 0 Å². The Morgan fingerprint density at radius 3 is 1.75 bits per heavy atom. The Bertz CT molecular complexity index is 204. The average molecular weight is 270 g/mol. The number of rotatable bonds is 1. The first kappa shape index (κ1) is 11.7. The summed E-state index contributed by atoms with van der Waals surface area (Å²) >= 11 is -0.543. The van der Waals surface area contributed by atoms with Crippen LogP contribution >= 0.6 is 0 Å². The van der Waals surface area contributed by atoms with Gasteiger partial charge in [0.15, 0.2) is 0 Å². The number of carbonyl (C=O) groups is 1. The molecule has 1 aromatic carbocycles. The van der Waals surface area contributed by atoms with Crippen LogP contribution in [0.4, 0.5) is 0 Å². The van der Waals surface area contributed by atoms with Crippen molar-refractivity contribution in [2.45, 2.75) is 14.8 Å². The molecule has 0 aliphatic carbocycles. The second-order valence-electron chi connectivity index (χ2n) is 3.03. The maximum absolute atomic E-state index is 10.0.